The molecule has 0 fully saturated rings. The molecule has 6 heteroatoms. The molecule has 4 nitrogen and oxygen atoms in total. The molecule has 0 aromatic rings. The summed E-state index contributed by atoms with van der Waals surface area (Å²) in [6.45, 7) is 1.26. The number of rotatable bonds is 3. The van der Waals surface area contributed by atoms with Gasteiger partial charge in [-0.25, -0.2) is 4.79 Å². The summed E-state index contributed by atoms with van der Waals surface area (Å²) < 4.78 is 0. The van der Waals surface area contributed by atoms with Crippen molar-refractivity contribution in [3.63, 3.8) is 0 Å². The van der Waals surface area contributed by atoms with Crippen LogP contribution < -0.4 is 34.9 Å². The second-order valence-electron chi connectivity index (χ2n) is 1.77. The van der Waals surface area contributed by atoms with Crippen LogP contribution in [0.1, 0.15) is 6.92 Å². The first-order valence-corrected chi connectivity index (χ1v) is 3.32. The molecule has 1 amide bonds. The molecule has 0 saturated heterocycles. The molecule has 2 N–H and O–H groups in total. The van der Waals surface area contributed by atoms with E-state index in [-0.39, 0.29) is 41.2 Å². The standard InChI is InChI=1S/C5H9NO3S.Na/c1-3(7)6-4(2-10)5(8)9;/h4,10H,2H2,1H3,(H,6,7)(H,8,9);/q;+1. The Morgan fingerprint density at radius 1 is 1.64 bits per heavy atom. The first-order chi connectivity index (χ1) is 4.57. The van der Waals surface area contributed by atoms with Crippen LogP contribution in [0.3, 0.4) is 0 Å². The fourth-order valence-electron chi connectivity index (χ4n) is 0.431. The summed E-state index contributed by atoms with van der Waals surface area (Å²) in [6, 6.07) is -0.874. The van der Waals surface area contributed by atoms with Crippen molar-refractivity contribution in [3.8, 4) is 0 Å². The van der Waals surface area contributed by atoms with Crippen LogP contribution in [0.4, 0.5) is 0 Å². The molecule has 0 radical (unpaired) electrons. The van der Waals surface area contributed by atoms with E-state index in [0.717, 1.165) is 0 Å². The maximum atomic E-state index is 10.3. The SMILES string of the molecule is CC(=O)NC(CS)C(=O)O.[Na+]. The van der Waals surface area contributed by atoms with Gasteiger partial charge in [-0.05, 0) is 0 Å². The maximum Gasteiger partial charge on any atom is 1.00 e. The number of aliphatic carboxylic acids is 1. The van der Waals surface area contributed by atoms with Gasteiger partial charge in [0, 0.05) is 12.7 Å². The van der Waals surface area contributed by atoms with Crippen molar-refractivity contribution in [2.75, 3.05) is 5.75 Å². The topological polar surface area (TPSA) is 66.4 Å². The molecule has 0 aliphatic rings. The normalized spacial score (nSPS) is 11.1. The number of carbonyl (C=O) groups is 2. The van der Waals surface area contributed by atoms with Crippen molar-refractivity contribution in [1.29, 1.82) is 0 Å². The van der Waals surface area contributed by atoms with Crippen LogP contribution in [-0.2, 0) is 9.59 Å². The van der Waals surface area contributed by atoms with Crippen molar-refractivity contribution < 1.29 is 44.3 Å². The Morgan fingerprint density at radius 3 is 2.18 bits per heavy atom. The second kappa shape index (κ2) is 6.97. The van der Waals surface area contributed by atoms with Gasteiger partial charge in [-0.2, -0.15) is 12.6 Å². The van der Waals surface area contributed by atoms with Crippen LogP contribution in [0.15, 0.2) is 0 Å². The molecule has 1 unspecified atom stereocenters. The minimum absolute atomic E-state index is 0. The van der Waals surface area contributed by atoms with E-state index in [1.165, 1.54) is 6.92 Å². The molecule has 0 bridgehead atoms. The Labute approximate surface area is 92.4 Å². The van der Waals surface area contributed by atoms with Crippen molar-refractivity contribution in [2.24, 2.45) is 0 Å². The Kier molecular flexibility index (Phi) is 8.77. The average Bonchev–Trinajstić information content (AvgIpc) is 1.81. The zero-order chi connectivity index (χ0) is 8.15. The van der Waals surface area contributed by atoms with Crippen molar-refractivity contribution in [2.45, 2.75) is 13.0 Å². The van der Waals surface area contributed by atoms with Gasteiger partial charge in [0.15, 0.2) is 0 Å². The molecule has 0 saturated carbocycles. The number of nitrogens with one attached hydrogen (secondary N) is 1. The van der Waals surface area contributed by atoms with Gasteiger partial charge in [0.25, 0.3) is 0 Å². The van der Waals surface area contributed by atoms with Gasteiger partial charge in [-0.15, -0.1) is 0 Å². The summed E-state index contributed by atoms with van der Waals surface area (Å²) in [5, 5.41) is 10.6. The van der Waals surface area contributed by atoms with Gasteiger partial charge >= 0.3 is 35.5 Å². The molecule has 0 aliphatic carbocycles. The van der Waals surface area contributed by atoms with Gasteiger partial charge in [-0.1, -0.05) is 0 Å². The fraction of sp³-hybridized carbons (Fsp3) is 0.600. The van der Waals surface area contributed by atoms with Gasteiger partial charge in [0.1, 0.15) is 6.04 Å². The maximum absolute atomic E-state index is 10.3. The van der Waals surface area contributed by atoms with Crippen molar-refractivity contribution in [1.82, 2.24) is 5.32 Å². The van der Waals surface area contributed by atoms with E-state index < -0.39 is 12.0 Å². The minimum atomic E-state index is -1.06. The molecule has 0 aromatic carbocycles. The smallest absolute Gasteiger partial charge is 0.480 e. The summed E-state index contributed by atoms with van der Waals surface area (Å²) in [5.74, 6) is -1.32. The third-order valence-corrected chi connectivity index (χ3v) is 1.22. The molecular weight excluding hydrogens is 177 g/mol. The number of hydrogen-bond donors (Lipinski definition) is 3. The molecule has 58 valence electrons. The van der Waals surface area contributed by atoms with Gasteiger partial charge in [0.2, 0.25) is 5.91 Å². The van der Waals surface area contributed by atoms with Crippen LogP contribution >= 0.6 is 12.6 Å². The van der Waals surface area contributed by atoms with Crippen molar-refractivity contribution >= 4 is 24.5 Å². The monoisotopic (exact) mass is 186 g/mol. The van der Waals surface area contributed by atoms with Gasteiger partial charge < -0.3 is 10.4 Å². The number of carbonyl (C=O) groups excluding carboxylic acids is 1. The number of carboxylic acid groups (broad SMARTS) is 1. The van der Waals surface area contributed by atoms with E-state index in [2.05, 4.69) is 17.9 Å². The quantitative estimate of drug-likeness (QED) is 0.316. The molecular formula is C5H9NNaO3S+. The summed E-state index contributed by atoms with van der Waals surface area (Å²) in [6.07, 6.45) is 0. The largest absolute Gasteiger partial charge is 1.00 e. The third kappa shape index (κ3) is 6.68. The zero-order valence-electron chi connectivity index (χ0n) is 6.50. The molecule has 0 spiro atoms. The van der Waals surface area contributed by atoms with Crippen LogP contribution in [0.25, 0.3) is 0 Å². The summed E-state index contributed by atoms with van der Waals surface area (Å²) in [4.78, 5) is 20.5. The van der Waals surface area contributed by atoms with Crippen LogP contribution in [-0.4, -0.2) is 28.8 Å². The fourth-order valence-corrected chi connectivity index (χ4v) is 0.678. The first kappa shape index (κ1) is 13.9. The summed E-state index contributed by atoms with van der Waals surface area (Å²) in [7, 11) is 0. The predicted molar refractivity (Wildman–Crippen MR) is 39.1 cm³/mol. The molecule has 11 heavy (non-hydrogen) atoms. The Hall–Kier alpha value is 0.290. The number of amides is 1. The Morgan fingerprint density at radius 2 is 2.09 bits per heavy atom. The number of thiol groups is 1. The van der Waals surface area contributed by atoms with Gasteiger partial charge in [-0.3, -0.25) is 4.79 Å². The Bertz CT molecular complexity index is 153. The van der Waals surface area contributed by atoms with Gasteiger partial charge in [0.05, 0.1) is 0 Å². The molecule has 1 atom stereocenters. The van der Waals surface area contributed by atoms with E-state index in [1.54, 1.807) is 0 Å². The number of carboxylic acids is 1. The van der Waals surface area contributed by atoms with E-state index in [9.17, 15) is 9.59 Å². The summed E-state index contributed by atoms with van der Waals surface area (Å²) in [5.41, 5.74) is 0. The van der Waals surface area contributed by atoms with Crippen LogP contribution in [0.2, 0.25) is 0 Å². The van der Waals surface area contributed by atoms with E-state index >= 15 is 0 Å². The van der Waals surface area contributed by atoms with Crippen LogP contribution in [0.5, 0.6) is 0 Å². The Balaban J connectivity index is 0. The molecule has 0 heterocycles. The van der Waals surface area contributed by atoms with E-state index in [1.807, 2.05) is 0 Å². The number of hydrogen-bond acceptors (Lipinski definition) is 3. The summed E-state index contributed by atoms with van der Waals surface area (Å²) >= 11 is 3.73. The second-order valence-corrected chi connectivity index (χ2v) is 2.14. The molecule has 0 aromatic heterocycles. The minimum Gasteiger partial charge on any atom is -0.480 e. The zero-order valence-corrected chi connectivity index (χ0v) is 9.39. The van der Waals surface area contributed by atoms with Crippen molar-refractivity contribution in [3.05, 3.63) is 0 Å². The molecule has 0 aliphatic heterocycles. The third-order valence-electron chi connectivity index (χ3n) is 0.858. The van der Waals surface area contributed by atoms with Crippen LogP contribution in [0, 0.1) is 0 Å². The molecule has 0 rings (SSSR count). The average molecular weight is 186 g/mol. The van der Waals surface area contributed by atoms with E-state index in [0.29, 0.717) is 0 Å². The first-order valence-electron chi connectivity index (χ1n) is 2.68. The van der Waals surface area contributed by atoms with E-state index in [4.69, 9.17) is 5.11 Å². The predicted octanol–water partition coefficient (Wildman–Crippen LogP) is -3.49.